The zero-order valence-electron chi connectivity index (χ0n) is 16.5. The molecule has 5 nitrogen and oxygen atoms in total. The van der Waals surface area contributed by atoms with E-state index in [1.54, 1.807) is 40.1 Å². The first kappa shape index (κ1) is 22.4. The zero-order valence-corrected chi connectivity index (χ0v) is 18.0. The van der Waals surface area contributed by atoms with Crippen LogP contribution in [0.4, 0.5) is 4.39 Å². The number of nitrogens with zero attached hydrogens (tertiary/aromatic N) is 2. The van der Waals surface area contributed by atoms with Crippen LogP contribution < -0.4 is 4.74 Å². The molecule has 1 fully saturated rings. The number of rotatable bonds is 7. The standard InChI is InChI=1S/C22H23Cl2FN2O3/c23-18-3-1-4-19(22(18)24)30-14-2-5-20(28)26-10-12-27(13-11-26)21(29)15-16-6-8-17(25)9-7-16/h1,3-4,6-9H,2,5,10-15H2. The minimum Gasteiger partial charge on any atom is -0.492 e. The van der Waals surface area contributed by atoms with Gasteiger partial charge in [-0.3, -0.25) is 9.59 Å². The molecule has 0 saturated carbocycles. The molecule has 0 aromatic heterocycles. The average molecular weight is 453 g/mol. The summed E-state index contributed by atoms with van der Waals surface area (Å²) in [5.41, 5.74) is 0.778. The van der Waals surface area contributed by atoms with Gasteiger partial charge >= 0.3 is 0 Å². The van der Waals surface area contributed by atoms with Gasteiger partial charge in [0, 0.05) is 32.6 Å². The maximum Gasteiger partial charge on any atom is 0.227 e. The fraction of sp³-hybridized carbons (Fsp3) is 0.364. The van der Waals surface area contributed by atoms with Crippen molar-refractivity contribution in [2.24, 2.45) is 0 Å². The molecule has 2 aromatic rings. The molecule has 0 aliphatic carbocycles. The van der Waals surface area contributed by atoms with E-state index >= 15 is 0 Å². The van der Waals surface area contributed by atoms with Crippen molar-refractivity contribution >= 4 is 35.0 Å². The summed E-state index contributed by atoms with van der Waals surface area (Å²) in [6.45, 7) is 2.38. The Morgan fingerprint density at radius 3 is 2.23 bits per heavy atom. The number of ether oxygens (including phenoxy) is 1. The zero-order chi connectivity index (χ0) is 21.5. The molecular formula is C22H23Cl2FN2O3. The van der Waals surface area contributed by atoms with Crippen LogP contribution >= 0.6 is 23.2 Å². The Morgan fingerprint density at radius 1 is 0.933 bits per heavy atom. The highest BCUT2D eigenvalue weighted by Crippen LogP contribution is 2.31. The van der Waals surface area contributed by atoms with Crippen LogP contribution in [0.1, 0.15) is 18.4 Å². The molecule has 1 aliphatic heterocycles. The van der Waals surface area contributed by atoms with Gasteiger partial charge < -0.3 is 14.5 Å². The van der Waals surface area contributed by atoms with Crippen LogP contribution in [0.5, 0.6) is 5.75 Å². The number of carbonyl (C=O) groups excluding carboxylic acids is 2. The summed E-state index contributed by atoms with van der Waals surface area (Å²) in [5.74, 6) is 0.214. The SMILES string of the molecule is O=C(CCCOc1cccc(Cl)c1Cl)N1CCN(C(=O)Cc2ccc(F)cc2)CC1. The lowest BCUT2D eigenvalue weighted by Gasteiger charge is -2.35. The van der Waals surface area contributed by atoms with E-state index in [2.05, 4.69) is 0 Å². The van der Waals surface area contributed by atoms with Crippen LogP contribution in [0.2, 0.25) is 10.0 Å². The van der Waals surface area contributed by atoms with Crippen molar-refractivity contribution < 1.29 is 18.7 Å². The lowest BCUT2D eigenvalue weighted by molar-refractivity contribution is -0.139. The van der Waals surface area contributed by atoms with Crippen LogP contribution in [-0.2, 0) is 16.0 Å². The Balaban J connectivity index is 1.37. The largest absolute Gasteiger partial charge is 0.492 e. The number of halogens is 3. The second-order valence-corrected chi connectivity index (χ2v) is 7.85. The van der Waals surface area contributed by atoms with Crippen LogP contribution in [0.3, 0.4) is 0 Å². The number of piperazine rings is 1. The van der Waals surface area contributed by atoms with Crippen molar-refractivity contribution in [1.82, 2.24) is 9.80 Å². The molecule has 0 unspecified atom stereocenters. The normalized spacial score (nSPS) is 14.0. The second kappa shape index (κ2) is 10.6. The first-order valence-corrected chi connectivity index (χ1v) is 10.6. The third kappa shape index (κ3) is 6.09. The molecule has 1 heterocycles. The van der Waals surface area contributed by atoms with Crippen LogP contribution in [0.15, 0.2) is 42.5 Å². The third-order valence-corrected chi connectivity index (χ3v) is 5.76. The van der Waals surface area contributed by atoms with Gasteiger partial charge in [0.2, 0.25) is 11.8 Å². The van der Waals surface area contributed by atoms with E-state index in [9.17, 15) is 14.0 Å². The van der Waals surface area contributed by atoms with Crippen molar-refractivity contribution in [3.63, 3.8) is 0 Å². The van der Waals surface area contributed by atoms with Gasteiger partial charge in [0.1, 0.15) is 16.6 Å². The number of carbonyl (C=O) groups is 2. The van der Waals surface area contributed by atoms with Gasteiger partial charge in [-0.2, -0.15) is 0 Å². The smallest absolute Gasteiger partial charge is 0.227 e. The average Bonchev–Trinajstić information content (AvgIpc) is 2.75. The summed E-state index contributed by atoms with van der Waals surface area (Å²) in [7, 11) is 0. The van der Waals surface area contributed by atoms with Gasteiger partial charge in [0.05, 0.1) is 18.1 Å². The molecule has 0 bridgehead atoms. The van der Waals surface area contributed by atoms with Crippen molar-refractivity contribution in [1.29, 1.82) is 0 Å². The van der Waals surface area contributed by atoms with Crippen LogP contribution in [0.25, 0.3) is 0 Å². The highest BCUT2D eigenvalue weighted by atomic mass is 35.5. The Morgan fingerprint density at radius 2 is 1.57 bits per heavy atom. The summed E-state index contributed by atoms with van der Waals surface area (Å²) < 4.78 is 18.6. The van der Waals surface area contributed by atoms with Gasteiger partial charge in [-0.25, -0.2) is 4.39 Å². The summed E-state index contributed by atoms with van der Waals surface area (Å²) in [6.07, 6.45) is 1.16. The summed E-state index contributed by atoms with van der Waals surface area (Å²) in [5, 5.41) is 0.795. The van der Waals surface area contributed by atoms with Crippen molar-refractivity contribution in [2.45, 2.75) is 19.3 Å². The van der Waals surface area contributed by atoms with Crippen molar-refractivity contribution in [3.8, 4) is 5.75 Å². The molecule has 3 rings (SSSR count). The van der Waals surface area contributed by atoms with Crippen LogP contribution in [-0.4, -0.2) is 54.4 Å². The number of benzene rings is 2. The minimum atomic E-state index is -0.320. The van der Waals surface area contributed by atoms with E-state index in [4.69, 9.17) is 27.9 Å². The highest BCUT2D eigenvalue weighted by Gasteiger charge is 2.23. The fourth-order valence-electron chi connectivity index (χ4n) is 3.25. The van der Waals surface area contributed by atoms with Gasteiger partial charge in [-0.1, -0.05) is 41.4 Å². The molecule has 0 atom stereocenters. The van der Waals surface area contributed by atoms with E-state index in [0.717, 1.165) is 5.56 Å². The molecule has 2 aromatic carbocycles. The second-order valence-electron chi connectivity index (χ2n) is 7.07. The molecule has 0 radical (unpaired) electrons. The van der Waals surface area contributed by atoms with Gasteiger partial charge in [-0.05, 0) is 36.2 Å². The van der Waals surface area contributed by atoms with Gasteiger partial charge in [0.15, 0.2) is 0 Å². The van der Waals surface area contributed by atoms with Crippen molar-refractivity contribution in [2.75, 3.05) is 32.8 Å². The molecule has 8 heteroatoms. The van der Waals surface area contributed by atoms with E-state index in [1.807, 2.05) is 0 Å². The summed E-state index contributed by atoms with van der Waals surface area (Å²) in [4.78, 5) is 28.4. The Kier molecular flexibility index (Phi) is 7.94. The maximum atomic E-state index is 13.0. The first-order valence-electron chi connectivity index (χ1n) is 9.81. The number of amides is 2. The lowest BCUT2D eigenvalue weighted by atomic mass is 10.1. The summed E-state index contributed by atoms with van der Waals surface area (Å²) >= 11 is 12.0. The molecule has 0 spiro atoms. The molecule has 2 amide bonds. The van der Waals surface area contributed by atoms with Gasteiger partial charge in [-0.15, -0.1) is 0 Å². The fourth-order valence-corrected chi connectivity index (χ4v) is 3.60. The lowest BCUT2D eigenvalue weighted by Crippen LogP contribution is -2.51. The molecule has 1 aliphatic rings. The number of hydrogen-bond acceptors (Lipinski definition) is 3. The van der Waals surface area contributed by atoms with E-state index in [1.165, 1.54) is 12.1 Å². The monoisotopic (exact) mass is 452 g/mol. The van der Waals surface area contributed by atoms with E-state index in [-0.39, 0.29) is 24.1 Å². The maximum absolute atomic E-state index is 13.0. The molecule has 30 heavy (non-hydrogen) atoms. The predicted octanol–water partition coefficient (Wildman–Crippen LogP) is 4.21. The van der Waals surface area contributed by atoms with Crippen molar-refractivity contribution in [3.05, 3.63) is 63.9 Å². The summed E-state index contributed by atoms with van der Waals surface area (Å²) in [6, 6.07) is 11.1. The molecule has 160 valence electrons. The van der Waals surface area contributed by atoms with E-state index in [0.29, 0.717) is 61.4 Å². The molecule has 1 saturated heterocycles. The predicted molar refractivity (Wildman–Crippen MR) is 114 cm³/mol. The molecule has 0 N–H and O–H groups in total. The number of hydrogen-bond donors (Lipinski definition) is 0. The quantitative estimate of drug-likeness (QED) is 0.591. The Labute approximate surface area is 185 Å². The van der Waals surface area contributed by atoms with E-state index < -0.39 is 0 Å². The minimum absolute atomic E-state index is 0.0134. The molecular weight excluding hydrogens is 430 g/mol. The van der Waals surface area contributed by atoms with Gasteiger partial charge in [0.25, 0.3) is 0 Å². The van der Waals surface area contributed by atoms with Crippen LogP contribution in [0, 0.1) is 5.82 Å². The first-order chi connectivity index (χ1) is 14.4. The topological polar surface area (TPSA) is 49.9 Å². The third-order valence-electron chi connectivity index (χ3n) is 4.96. The Hall–Kier alpha value is -2.31. The highest BCUT2D eigenvalue weighted by molar-refractivity contribution is 6.42. The Bertz CT molecular complexity index is 884.